The number of carbonyl (C=O) groups is 1. The number of halogens is 1. The predicted molar refractivity (Wildman–Crippen MR) is 62.9 cm³/mol. The van der Waals surface area contributed by atoms with Gasteiger partial charge in [0.2, 0.25) is 5.91 Å². The monoisotopic (exact) mass is 240 g/mol. The summed E-state index contributed by atoms with van der Waals surface area (Å²) >= 11 is 0. The molecule has 94 valence electrons. The van der Waals surface area contributed by atoms with Crippen molar-refractivity contribution in [2.24, 2.45) is 5.73 Å². The first kappa shape index (κ1) is 13.6. The maximum absolute atomic E-state index is 13.5. The molecule has 1 amide bonds. The minimum absolute atomic E-state index is 0.147. The van der Waals surface area contributed by atoms with Crippen LogP contribution < -0.4 is 11.1 Å². The van der Waals surface area contributed by atoms with Gasteiger partial charge in [0.05, 0.1) is 5.60 Å². The van der Waals surface area contributed by atoms with E-state index < -0.39 is 17.3 Å². The Hall–Kier alpha value is -1.46. The Morgan fingerprint density at radius 1 is 1.53 bits per heavy atom. The lowest BCUT2D eigenvalue weighted by molar-refractivity contribution is 0.0794. The molecule has 0 fully saturated rings. The molecule has 1 aromatic carbocycles. The molecular weight excluding hydrogens is 223 g/mol. The van der Waals surface area contributed by atoms with Gasteiger partial charge in [0.25, 0.3) is 0 Å². The number of amides is 1. The Morgan fingerprint density at radius 3 is 2.65 bits per heavy atom. The molecule has 0 heterocycles. The quantitative estimate of drug-likeness (QED) is 0.712. The second-order valence-electron chi connectivity index (χ2n) is 4.59. The van der Waals surface area contributed by atoms with Crippen molar-refractivity contribution in [2.75, 3.05) is 6.54 Å². The topological polar surface area (TPSA) is 75.3 Å². The van der Waals surface area contributed by atoms with E-state index in [2.05, 4.69) is 5.32 Å². The van der Waals surface area contributed by atoms with Gasteiger partial charge < -0.3 is 16.2 Å². The van der Waals surface area contributed by atoms with E-state index in [-0.39, 0.29) is 12.1 Å². The van der Waals surface area contributed by atoms with Crippen LogP contribution in [-0.2, 0) is 6.54 Å². The van der Waals surface area contributed by atoms with Crippen molar-refractivity contribution in [2.45, 2.75) is 26.0 Å². The molecule has 5 heteroatoms. The molecule has 0 aliphatic carbocycles. The van der Waals surface area contributed by atoms with Crippen LogP contribution in [0.5, 0.6) is 0 Å². The zero-order valence-electron chi connectivity index (χ0n) is 9.96. The molecule has 0 spiro atoms. The third-order valence-electron chi connectivity index (χ3n) is 2.21. The van der Waals surface area contributed by atoms with Crippen LogP contribution in [0.2, 0.25) is 0 Å². The number of aliphatic hydroxyl groups is 1. The van der Waals surface area contributed by atoms with Gasteiger partial charge in [-0.2, -0.15) is 0 Å². The summed E-state index contributed by atoms with van der Waals surface area (Å²) in [6, 6.07) is 4.10. The van der Waals surface area contributed by atoms with Crippen molar-refractivity contribution in [3.8, 4) is 0 Å². The third-order valence-corrected chi connectivity index (χ3v) is 2.21. The van der Waals surface area contributed by atoms with Gasteiger partial charge >= 0.3 is 0 Å². The van der Waals surface area contributed by atoms with Crippen LogP contribution >= 0.6 is 0 Å². The fourth-order valence-corrected chi connectivity index (χ4v) is 1.35. The van der Waals surface area contributed by atoms with E-state index in [1.165, 1.54) is 12.1 Å². The van der Waals surface area contributed by atoms with E-state index >= 15 is 0 Å². The van der Waals surface area contributed by atoms with Gasteiger partial charge in [-0.1, -0.05) is 6.07 Å². The van der Waals surface area contributed by atoms with E-state index in [0.717, 1.165) is 6.07 Å². The summed E-state index contributed by atoms with van der Waals surface area (Å²) in [6.07, 6.45) is 0. The number of hydrogen-bond acceptors (Lipinski definition) is 3. The summed E-state index contributed by atoms with van der Waals surface area (Å²) in [5.74, 6) is -1.13. The fraction of sp³-hybridized carbons (Fsp3) is 0.417. The summed E-state index contributed by atoms with van der Waals surface area (Å²) in [5.41, 5.74) is 4.77. The van der Waals surface area contributed by atoms with Gasteiger partial charge in [-0.3, -0.25) is 4.79 Å². The van der Waals surface area contributed by atoms with Gasteiger partial charge in [-0.05, 0) is 26.0 Å². The third kappa shape index (κ3) is 4.50. The molecule has 0 saturated heterocycles. The van der Waals surface area contributed by atoms with Crippen LogP contribution in [0, 0.1) is 5.82 Å². The van der Waals surface area contributed by atoms with Crippen LogP contribution in [0.3, 0.4) is 0 Å². The van der Waals surface area contributed by atoms with Crippen molar-refractivity contribution in [1.29, 1.82) is 0 Å². The standard InChI is InChI=1S/C12H17FN2O2/c1-12(2,17)7-15-6-9-4-3-8(11(14)16)5-10(9)13/h3-5,15,17H,6-7H2,1-2H3,(H2,14,16). The smallest absolute Gasteiger partial charge is 0.248 e. The Morgan fingerprint density at radius 2 is 2.18 bits per heavy atom. The van der Waals surface area contributed by atoms with Gasteiger partial charge in [-0.25, -0.2) is 4.39 Å². The van der Waals surface area contributed by atoms with E-state index in [1.54, 1.807) is 13.8 Å². The fourth-order valence-electron chi connectivity index (χ4n) is 1.35. The number of nitrogens with two attached hydrogens (primary N) is 1. The van der Waals surface area contributed by atoms with E-state index in [0.29, 0.717) is 12.1 Å². The summed E-state index contributed by atoms with van der Waals surface area (Å²) in [4.78, 5) is 10.8. The number of rotatable bonds is 5. The molecule has 1 aromatic rings. The van der Waals surface area contributed by atoms with Gasteiger partial charge in [0, 0.05) is 24.2 Å². The predicted octanol–water partition coefficient (Wildman–Crippen LogP) is 0.785. The van der Waals surface area contributed by atoms with Crippen molar-refractivity contribution in [3.05, 3.63) is 35.1 Å². The maximum atomic E-state index is 13.5. The molecule has 0 bridgehead atoms. The summed E-state index contributed by atoms with van der Waals surface area (Å²) in [5, 5.41) is 12.4. The number of nitrogens with one attached hydrogen (secondary N) is 1. The van der Waals surface area contributed by atoms with Crippen LogP contribution in [0.1, 0.15) is 29.8 Å². The lowest BCUT2D eigenvalue weighted by atomic mass is 10.1. The lowest BCUT2D eigenvalue weighted by Gasteiger charge is -2.17. The average molecular weight is 240 g/mol. The maximum Gasteiger partial charge on any atom is 0.248 e. The molecule has 0 atom stereocenters. The lowest BCUT2D eigenvalue weighted by Crippen LogP contribution is -2.34. The van der Waals surface area contributed by atoms with Crippen LogP contribution in [0.25, 0.3) is 0 Å². The number of hydrogen-bond donors (Lipinski definition) is 3. The largest absolute Gasteiger partial charge is 0.389 e. The van der Waals surface area contributed by atoms with Crippen LogP contribution in [0.15, 0.2) is 18.2 Å². The Labute approximate surface area is 99.6 Å². The van der Waals surface area contributed by atoms with Crippen molar-refractivity contribution < 1.29 is 14.3 Å². The molecule has 0 unspecified atom stereocenters. The molecule has 0 radical (unpaired) electrons. The van der Waals surface area contributed by atoms with Crippen molar-refractivity contribution >= 4 is 5.91 Å². The molecule has 0 aliphatic heterocycles. The normalized spacial score (nSPS) is 11.5. The summed E-state index contributed by atoms with van der Waals surface area (Å²) < 4.78 is 13.5. The SMILES string of the molecule is CC(C)(O)CNCc1ccc(C(N)=O)cc1F. The first-order valence-corrected chi connectivity index (χ1v) is 5.31. The first-order chi connectivity index (χ1) is 7.79. The summed E-state index contributed by atoms with van der Waals surface area (Å²) in [7, 11) is 0. The van der Waals surface area contributed by atoms with E-state index in [1.807, 2.05) is 0 Å². The highest BCUT2D eigenvalue weighted by Gasteiger charge is 2.12. The highest BCUT2D eigenvalue weighted by molar-refractivity contribution is 5.92. The molecule has 0 aliphatic rings. The zero-order chi connectivity index (χ0) is 13.1. The molecule has 4 N–H and O–H groups in total. The van der Waals surface area contributed by atoms with Crippen molar-refractivity contribution in [3.63, 3.8) is 0 Å². The Kier molecular flexibility index (Phi) is 4.20. The molecule has 17 heavy (non-hydrogen) atoms. The second kappa shape index (κ2) is 5.25. The van der Waals surface area contributed by atoms with E-state index in [9.17, 15) is 14.3 Å². The molecule has 0 aromatic heterocycles. The van der Waals surface area contributed by atoms with Gasteiger partial charge in [0.1, 0.15) is 5.82 Å². The molecule has 4 nitrogen and oxygen atoms in total. The first-order valence-electron chi connectivity index (χ1n) is 5.31. The highest BCUT2D eigenvalue weighted by atomic mass is 19.1. The van der Waals surface area contributed by atoms with Gasteiger partial charge in [-0.15, -0.1) is 0 Å². The number of carbonyl (C=O) groups excluding carboxylic acids is 1. The Balaban J connectivity index is 2.64. The summed E-state index contributed by atoms with van der Waals surface area (Å²) in [6.45, 7) is 3.96. The van der Waals surface area contributed by atoms with E-state index in [4.69, 9.17) is 5.73 Å². The zero-order valence-corrected chi connectivity index (χ0v) is 9.96. The Bertz CT molecular complexity index is 413. The minimum Gasteiger partial charge on any atom is -0.389 e. The van der Waals surface area contributed by atoms with Crippen molar-refractivity contribution in [1.82, 2.24) is 5.32 Å². The molecule has 0 saturated carbocycles. The highest BCUT2D eigenvalue weighted by Crippen LogP contribution is 2.10. The minimum atomic E-state index is -0.844. The second-order valence-corrected chi connectivity index (χ2v) is 4.59. The average Bonchev–Trinajstić information content (AvgIpc) is 2.18. The number of primary amides is 1. The van der Waals surface area contributed by atoms with Crippen LogP contribution in [0.4, 0.5) is 4.39 Å². The molecule has 1 rings (SSSR count). The van der Waals surface area contributed by atoms with Crippen LogP contribution in [-0.4, -0.2) is 23.2 Å². The number of benzene rings is 1. The van der Waals surface area contributed by atoms with Gasteiger partial charge in [0.15, 0.2) is 0 Å². The molecular formula is C12H17FN2O2.